The van der Waals surface area contributed by atoms with E-state index in [9.17, 15) is 9.18 Å². The van der Waals surface area contributed by atoms with Crippen LogP contribution >= 0.6 is 0 Å². The van der Waals surface area contributed by atoms with Crippen LogP contribution in [0.3, 0.4) is 0 Å². The minimum atomic E-state index is -1.19. The lowest BCUT2D eigenvalue weighted by molar-refractivity contribution is -0.135. The average Bonchev–Trinajstić information content (AvgIpc) is 2.49. The van der Waals surface area contributed by atoms with Crippen molar-refractivity contribution in [3.05, 3.63) is 65.9 Å². The topological polar surface area (TPSA) is 62.7 Å². The molecule has 1 aliphatic heterocycles. The van der Waals surface area contributed by atoms with Gasteiger partial charge in [0.25, 0.3) is 0 Å². The maximum Gasteiger partial charge on any atom is 0.373 e. The SMILES string of the molecule is O=C(O)C1=CN(Cc2ccccc2F)c2ncccc2O1. The third-order valence-electron chi connectivity index (χ3n) is 3.03. The van der Waals surface area contributed by atoms with E-state index >= 15 is 0 Å². The number of pyridine rings is 1. The number of benzene rings is 1. The third-order valence-corrected chi connectivity index (χ3v) is 3.03. The first-order valence-corrected chi connectivity index (χ1v) is 6.23. The number of rotatable bonds is 3. The first-order chi connectivity index (χ1) is 10.1. The van der Waals surface area contributed by atoms with Crippen molar-refractivity contribution in [1.82, 2.24) is 4.98 Å². The van der Waals surface area contributed by atoms with Crippen LogP contribution in [0.4, 0.5) is 10.2 Å². The number of carbonyl (C=O) groups is 1. The monoisotopic (exact) mass is 286 g/mol. The van der Waals surface area contributed by atoms with Gasteiger partial charge in [-0.1, -0.05) is 18.2 Å². The number of anilines is 1. The van der Waals surface area contributed by atoms with Crippen LogP contribution in [0.2, 0.25) is 0 Å². The van der Waals surface area contributed by atoms with Gasteiger partial charge in [-0.25, -0.2) is 14.2 Å². The number of fused-ring (bicyclic) bond motifs is 1. The van der Waals surface area contributed by atoms with Crippen LogP contribution in [0.1, 0.15) is 5.56 Å². The molecule has 0 unspecified atom stereocenters. The molecule has 3 rings (SSSR count). The number of carboxylic acids is 1. The summed E-state index contributed by atoms with van der Waals surface area (Å²) >= 11 is 0. The molecule has 0 radical (unpaired) electrons. The fraction of sp³-hybridized carbons (Fsp3) is 0.0667. The number of hydrogen-bond donors (Lipinski definition) is 1. The van der Waals surface area contributed by atoms with Crippen LogP contribution in [0, 0.1) is 5.82 Å². The van der Waals surface area contributed by atoms with E-state index in [0.29, 0.717) is 17.1 Å². The van der Waals surface area contributed by atoms with Gasteiger partial charge in [0.1, 0.15) is 5.82 Å². The molecule has 2 aromatic rings. The maximum absolute atomic E-state index is 13.8. The molecular formula is C15H11FN2O3. The number of ether oxygens (including phenoxy) is 1. The van der Waals surface area contributed by atoms with E-state index in [1.54, 1.807) is 41.4 Å². The van der Waals surface area contributed by atoms with Crippen LogP contribution < -0.4 is 9.64 Å². The largest absolute Gasteiger partial charge is 0.475 e. The molecule has 0 atom stereocenters. The summed E-state index contributed by atoms with van der Waals surface area (Å²) in [7, 11) is 0. The molecule has 0 bridgehead atoms. The Morgan fingerprint density at radius 2 is 2.10 bits per heavy atom. The lowest BCUT2D eigenvalue weighted by Gasteiger charge is -2.26. The van der Waals surface area contributed by atoms with Crippen LogP contribution in [-0.2, 0) is 11.3 Å². The molecule has 1 aromatic heterocycles. The molecular weight excluding hydrogens is 275 g/mol. The number of nitrogens with zero attached hydrogens (tertiary/aromatic N) is 2. The van der Waals surface area contributed by atoms with Crippen molar-refractivity contribution in [2.45, 2.75) is 6.54 Å². The molecule has 2 heterocycles. The highest BCUT2D eigenvalue weighted by molar-refractivity contribution is 5.86. The molecule has 6 heteroatoms. The molecule has 106 valence electrons. The predicted octanol–water partition coefficient (Wildman–Crippen LogP) is 2.55. The Labute approximate surface area is 119 Å². The second-order valence-corrected chi connectivity index (χ2v) is 4.45. The normalized spacial score (nSPS) is 13.2. The van der Waals surface area contributed by atoms with Crippen molar-refractivity contribution in [2.24, 2.45) is 0 Å². The molecule has 5 nitrogen and oxygen atoms in total. The summed E-state index contributed by atoms with van der Waals surface area (Å²) in [5.74, 6) is -0.999. The van der Waals surface area contributed by atoms with Gasteiger partial charge in [-0.2, -0.15) is 0 Å². The van der Waals surface area contributed by atoms with Crippen molar-refractivity contribution >= 4 is 11.8 Å². The predicted molar refractivity (Wildman–Crippen MR) is 73.2 cm³/mol. The Morgan fingerprint density at radius 3 is 2.86 bits per heavy atom. The standard InChI is InChI=1S/C15H11FN2O3/c16-11-5-2-1-4-10(11)8-18-9-13(15(19)20)21-12-6-3-7-17-14(12)18/h1-7,9H,8H2,(H,19,20). The lowest BCUT2D eigenvalue weighted by atomic mass is 10.2. The molecule has 1 N–H and O–H groups in total. The van der Waals surface area contributed by atoms with E-state index in [1.165, 1.54) is 12.3 Å². The maximum atomic E-state index is 13.8. The fourth-order valence-corrected chi connectivity index (χ4v) is 2.05. The quantitative estimate of drug-likeness (QED) is 0.939. The van der Waals surface area contributed by atoms with Crippen molar-refractivity contribution in [3.63, 3.8) is 0 Å². The second-order valence-electron chi connectivity index (χ2n) is 4.45. The van der Waals surface area contributed by atoms with Crippen molar-refractivity contribution < 1.29 is 19.0 Å². The third kappa shape index (κ3) is 2.55. The summed E-state index contributed by atoms with van der Waals surface area (Å²) in [5, 5.41) is 9.09. The van der Waals surface area contributed by atoms with E-state index in [1.807, 2.05) is 0 Å². The molecule has 0 fully saturated rings. The number of aliphatic carboxylic acids is 1. The zero-order chi connectivity index (χ0) is 14.8. The van der Waals surface area contributed by atoms with Crippen molar-refractivity contribution in [3.8, 4) is 5.75 Å². The minimum absolute atomic E-state index is 0.164. The Balaban J connectivity index is 2.00. The van der Waals surface area contributed by atoms with Gasteiger partial charge in [0.2, 0.25) is 5.76 Å². The van der Waals surface area contributed by atoms with Crippen molar-refractivity contribution in [2.75, 3.05) is 4.90 Å². The van der Waals surface area contributed by atoms with Gasteiger partial charge in [-0.15, -0.1) is 0 Å². The van der Waals surface area contributed by atoms with Gasteiger partial charge in [0.05, 0.1) is 12.7 Å². The molecule has 0 saturated carbocycles. The molecule has 1 aromatic carbocycles. The molecule has 0 spiro atoms. The number of aromatic nitrogens is 1. The van der Waals surface area contributed by atoms with Gasteiger partial charge in [0, 0.05) is 11.8 Å². The Morgan fingerprint density at radius 1 is 1.29 bits per heavy atom. The Hall–Kier alpha value is -2.89. The van der Waals surface area contributed by atoms with E-state index in [2.05, 4.69) is 4.98 Å². The zero-order valence-electron chi connectivity index (χ0n) is 10.9. The average molecular weight is 286 g/mol. The van der Waals surface area contributed by atoms with Gasteiger partial charge in [-0.05, 0) is 18.2 Å². The minimum Gasteiger partial charge on any atom is -0.475 e. The first kappa shape index (κ1) is 13.1. The molecule has 0 amide bonds. The van der Waals surface area contributed by atoms with E-state index in [4.69, 9.17) is 9.84 Å². The summed E-state index contributed by atoms with van der Waals surface area (Å²) < 4.78 is 19.0. The highest BCUT2D eigenvalue weighted by Crippen LogP contribution is 2.33. The second kappa shape index (κ2) is 5.24. The van der Waals surface area contributed by atoms with Crippen LogP contribution in [0.5, 0.6) is 5.75 Å². The van der Waals surface area contributed by atoms with Crippen LogP contribution in [-0.4, -0.2) is 16.1 Å². The first-order valence-electron chi connectivity index (χ1n) is 6.23. The van der Waals surface area contributed by atoms with E-state index < -0.39 is 5.97 Å². The summed E-state index contributed by atoms with van der Waals surface area (Å²) in [6.45, 7) is 0.164. The number of hydrogen-bond acceptors (Lipinski definition) is 4. The van der Waals surface area contributed by atoms with Gasteiger partial charge < -0.3 is 14.7 Å². The van der Waals surface area contributed by atoms with E-state index in [0.717, 1.165) is 0 Å². The summed E-state index contributed by atoms with van der Waals surface area (Å²) in [6.07, 6.45) is 2.88. The highest BCUT2D eigenvalue weighted by atomic mass is 19.1. The van der Waals surface area contributed by atoms with Gasteiger partial charge in [0.15, 0.2) is 11.6 Å². The number of carboxylic acid groups (broad SMARTS) is 1. The van der Waals surface area contributed by atoms with Gasteiger partial charge in [-0.3, -0.25) is 0 Å². The number of halogens is 1. The summed E-state index contributed by atoms with van der Waals surface area (Å²) in [4.78, 5) is 16.8. The van der Waals surface area contributed by atoms with Gasteiger partial charge >= 0.3 is 5.97 Å². The molecule has 0 aliphatic carbocycles. The summed E-state index contributed by atoms with van der Waals surface area (Å²) in [6, 6.07) is 9.58. The van der Waals surface area contributed by atoms with Crippen molar-refractivity contribution in [1.29, 1.82) is 0 Å². The van der Waals surface area contributed by atoms with E-state index in [-0.39, 0.29) is 18.1 Å². The fourth-order valence-electron chi connectivity index (χ4n) is 2.05. The molecule has 0 saturated heterocycles. The summed E-state index contributed by atoms with van der Waals surface area (Å²) in [5.41, 5.74) is 0.442. The Kier molecular flexibility index (Phi) is 3.27. The Bertz CT molecular complexity index is 730. The highest BCUT2D eigenvalue weighted by Gasteiger charge is 2.24. The smallest absolute Gasteiger partial charge is 0.373 e. The molecule has 1 aliphatic rings. The van der Waals surface area contributed by atoms with Crippen LogP contribution in [0.15, 0.2) is 54.6 Å². The zero-order valence-corrected chi connectivity index (χ0v) is 10.9. The van der Waals surface area contributed by atoms with Crippen LogP contribution in [0.25, 0.3) is 0 Å². The molecule has 21 heavy (non-hydrogen) atoms. The lowest BCUT2D eigenvalue weighted by Crippen LogP contribution is -2.26.